The molecule has 1 heterocycles. The maximum atomic E-state index is 6.11. The van der Waals surface area contributed by atoms with Gasteiger partial charge in [0.2, 0.25) is 0 Å². The third-order valence-electron chi connectivity index (χ3n) is 4.94. The molecule has 1 saturated heterocycles. The summed E-state index contributed by atoms with van der Waals surface area (Å²) in [6, 6.07) is 12.6. The van der Waals surface area contributed by atoms with Gasteiger partial charge >= 0.3 is 0 Å². The van der Waals surface area contributed by atoms with Crippen LogP contribution in [0.5, 0.6) is 0 Å². The molecule has 1 aromatic rings. The number of benzene rings is 1. The highest BCUT2D eigenvalue weighted by molar-refractivity contribution is 5.14. The second-order valence-electron chi connectivity index (χ2n) is 6.85. The van der Waals surface area contributed by atoms with Gasteiger partial charge in [-0.1, -0.05) is 36.8 Å². The Kier molecular flexibility index (Phi) is 5.28. The second-order valence-corrected chi connectivity index (χ2v) is 6.85. The number of hydrogen-bond acceptors (Lipinski definition) is 3. The molecule has 3 N–H and O–H groups in total. The number of rotatable bonds is 4. The molecular weight excluding hydrogens is 258 g/mol. The lowest BCUT2D eigenvalue weighted by molar-refractivity contribution is 0.167. The third kappa shape index (κ3) is 4.53. The molecule has 3 atom stereocenters. The number of likely N-dealkylation sites (tertiary alicyclic amines) is 1. The van der Waals surface area contributed by atoms with Crippen molar-refractivity contribution in [2.24, 2.45) is 5.73 Å². The smallest absolute Gasteiger partial charge is 0.0234 e. The summed E-state index contributed by atoms with van der Waals surface area (Å²) < 4.78 is 0. The highest BCUT2D eigenvalue weighted by Gasteiger charge is 2.25. The van der Waals surface area contributed by atoms with Gasteiger partial charge in [0.25, 0.3) is 0 Å². The minimum atomic E-state index is 0.417. The van der Waals surface area contributed by atoms with Crippen molar-refractivity contribution in [2.45, 2.75) is 63.2 Å². The molecule has 0 radical (unpaired) electrons. The Morgan fingerprint density at radius 3 is 2.67 bits per heavy atom. The van der Waals surface area contributed by atoms with Crippen LogP contribution >= 0.6 is 0 Å². The van der Waals surface area contributed by atoms with E-state index in [-0.39, 0.29) is 0 Å². The zero-order valence-electron chi connectivity index (χ0n) is 13.0. The van der Waals surface area contributed by atoms with Crippen LogP contribution in [0.3, 0.4) is 0 Å². The number of nitrogens with zero attached hydrogens (tertiary/aromatic N) is 1. The highest BCUT2D eigenvalue weighted by Crippen LogP contribution is 2.20. The first-order valence-corrected chi connectivity index (χ1v) is 8.57. The Labute approximate surface area is 128 Å². The van der Waals surface area contributed by atoms with E-state index in [1.54, 1.807) is 0 Å². The van der Waals surface area contributed by atoms with Gasteiger partial charge in [0.1, 0.15) is 0 Å². The van der Waals surface area contributed by atoms with Crippen LogP contribution < -0.4 is 11.1 Å². The predicted octanol–water partition coefficient (Wildman–Crippen LogP) is 2.51. The number of nitrogens with two attached hydrogens (primary N) is 1. The van der Waals surface area contributed by atoms with E-state index in [0.29, 0.717) is 18.1 Å². The lowest BCUT2D eigenvalue weighted by atomic mass is 9.90. The first-order valence-electron chi connectivity index (χ1n) is 8.57. The molecule has 2 fully saturated rings. The van der Waals surface area contributed by atoms with E-state index >= 15 is 0 Å². The summed E-state index contributed by atoms with van der Waals surface area (Å²) in [4.78, 5) is 2.60. The van der Waals surface area contributed by atoms with Gasteiger partial charge in [-0.3, -0.25) is 4.90 Å². The van der Waals surface area contributed by atoms with Crippen LogP contribution in [0.15, 0.2) is 30.3 Å². The third-order valence-corrected chi connectivity index (χ3v) is 4.94. The molecule has 2 aliphatic rings. The maximum Gasteiger partial charge on any atom is 0.0234 e. The number of nitrogens with one attached hydrogen (secondary N) is 1. The largest absolute Gasteiger partial charge is 0.328 e. The van der Waals surface area contributed by atoms with Crippen LogP contribution in [0.4, 0.5) is 0 Å². The van der Waals surface area contributed by atoms with E-state index in [9.17, 15) is 0 Å². The fourth-order valence-corrected chi connectivity index (χ4v) is 3.89. The van der Waals surface area contributed by atoms with Gasteiger partial charge < -0.3 is 11.1 Å². The van der Waals surface area contributed by atoms with Crippen LogP contribution in [0.1, 0.15) is 44.1 Å². The summed E-state index contributed by atoms with van der Waals surface area (Å²) in [5.74, 6) is 0. The van der Waals surface area contributed by atoms with Gasteiger partial charge in [0.15, 0.2) is 0 Å². The Hall–Kier alpha value is -0.900. The predicted molar refractivity (Wildman–Crippen MR) is 88.1 cm³/mol. The minimum Gasteiger partial charge on any atom is -0.328 e. The van der Waals surface area contributed by atoms with E-state index in [1.165, 1.54) is 50.8 Å². The van der Waals surface area contributed by atoms with E-state index in [2.05, 4.69) is 40.5 Å². The first kappa shape index (κ1) is 15.0. The van der Waals surface area contributed by atoms with Crippen molar-refractivity contribution >= 4 is 0 Å². The summed E-state index contributed by atoms with van der Waals surface area (Å²) >= 11 is 0. The van der Waals surface area contributed by atoms with Crippen LogP contribution in [0, 0.1) is 0 Å². The van der Waals surface area contributed by atoms with Crippen LogP contribution in [-0.2, 0) is 6.54 Å². The van der Waals surface area contributed by atoms with Crippen LogP contribution in [0.2, 0.25) is 0 Å². The number of hydrogen-bond donors (Lipinski definition) is 2. The van der Waals surface area contributed by atoms with Crippen LogP contribution in [0.25, 0.3) is 0 Å². The fourth-order valence-electron chi connectivity index (χ4n) is 3.89. The molecule has 116 valence electrons. The summed E-state index contributed by atoms with van der Waals surface area (Å²) in [6.45, 7) is 3.50. The SMILES string of the molecule is NC1CCCC(NC2CCCN(Cc3ccccc3)C2)C1. The molecule has 3 nitrogen and oxygen atoms in total. The molecule has 0 spiro atoms. The van der Waals surface area contributed by atoms with Crippen molar-refractivity contribution < 1.29 is 0 Å². The van der Waals surface area contributed by atoms with E-state index < -0.39 is 0 Å². The van der Waals surface area contributed by atoms with E-state index in [4.69, 9.17) is 5.73 Å². The highest BCUT2D eigenvalue weighted by atomic mass is 15.2. The van der Waals surface area contributed by atoms with Gasteiger partial charge in [-0.15, -0.1) is 0 Å². The summed E-state index contributed by atoms with van der Waals surface area (Å²) in [5, 5.41) is 3.88. The molecule has 1 aromatic carbocycles. The van der Waals surface area contributed by atoms with Gasteiger partial charge in [0, 0.05) is 31.2 Å². The molecule has 0 amide bonds. The molecular formula is C18H29N3. The van der Waals surface area contributed by atoms with E-state index in [0.717, 1.165) is 13.0 Å². The molecule has 1 aliphatic heterocycles. The van der Waals surface area contributed by atoms with Crippen molar-refractivity contribution in [3.05, 3.63) is 35.9 Å². The van der Waals surface area contributed by atoms with Gasteiger partial charge in [-0.25, -0.2) is 0 Å². The minimum absolute atomic E-state index is 0.417. The Morgan fingerprint density at radius 1 is 1.05 bits per heavy atom. The summed E-state index contributed by atoms with van der Waals surface area (Å²) in [6.07, 6.45) is 7.60. The van der Waals surface area contributed by atoms with Gasteiger partial charge in [-0.05, 0) is 44.2 Å². The summed E-state index contributed by atoms with van der Waals surface area (Å²) in [5.41, 5.74) is 7.54. The van der Waals surface area contributed by atoms with Crippen molar-refractivity contribution in [3.63, 3.8) is 0 Å². The van der Waals surface area contributed by atoms with Gasteiger partial charge in [0.05, 0.1) is 0 Å². The Bertz CT molecular complexity index is 420. The summed E-state index contributed by atoms with van der Waals surface area (Å²) in [7, 11) is 0. The molecule has 3 rings (SSSR count). The fraction of sp³-hybridized carbons (Fsp3) is 0.667. The monoisotopic (exact) mass is 287 g/mol. The second kappa shape index (κ2) is 7.39. The molecule has 0 aromatic heterocycles. The first-order chi connectivity index (χ1) is 10.3. The molecule has 1 saturated carbocycles. The normalized spacial score (nSPS) is 31.2. The van der Waals surface area contributed by atoms with Crippen molar-refractivity contribution in [1.29, 1.82) is 0 Å². The zero-order chi connectivity index (χ0) is 14.5. The average molecular weight is 287 g/mol. The molecule has 0 bridgehead atoms. The lowest BCUT2D eigenvalue weighted by Crippen LogP contribution is -2.50. The molecule has 3 unspecified atom stereocenters. The maximum absolute atomic E-state index is 6.11. The van der Waals surface area contributed by atoms with Crippen molar-refractivity contribution in [2.75, 3.05) is 13.1 Å². The topological polar surface area (TPSA) is 41.3 Å². The Morgan fingerprint density at radius 2 is 1.86 bits per heavy atom. The molecule has 21 heavy (non-hydrogen) atoms. The van der Waals surface area contributed by atoms with E-state index in [1.807, 2.05) is 0 Å². The van der Waals surface area contributed by atoms with Gasteiger partial charge in [-0.2, -0.15) is 0 Å². The van der Waals surface area contributed by atoms with Crippen LogP contribution in [-0.4, -0.2) is 36.1 Å². The molecule has 1 aliphatic carbocycles. The lowest BCUT2D eigenvalue weighted by Gasteiger charge is -2.37. The van der Waals surface area contributed by atoms with Crippen molar-refractivity contribution in [3.8, 4) is 0 Å². The quantitative estimate of drug-likeness (QED) is 0.894. The standard InChI is InChI=1S/C18H29N3/c19-16-8-4-9-17(12-16)20-18-10-5-11-21(14-18)13-15-6-2-1-3-7-15/h1-3,6-7,16-18,20H,4-5,8-14,19H2. The zero-order valence-corrected chi connectivity index (χ0v) is 13.0. The molecule has 3 heteroatoms. The average Bonchev–Trinajstić information content (AvgIpc) is 2.49. The number of piperidine rings is 1. The van der Waals surface area contributed by atoms with Crippen molar-refractivity contribution in [1.82, 2.24) is 10.2 Å². The Balaban J connectivity index is 1.49.